The first-order chi connectivity index (χ1) is 12.2. The molecule has 0 bridgehead atoms. The van der Waals surface area contributed by atoms with Gasteiger partial charge in [-0.25, -0.2) is 4.98 Å². The average Bonchev–Trinajstić information content (AvgIpc) is 3.15. The minimum Gasteiger partial charge on any atom is -0.376 e. The first-order valence-corrected chi connectivity index (χ1v) is 8.52. The summed E-state index contributed by atoms with van der Waals surface area (Å²) in [6, 6.07) is 6.07. The highest BCUT2D eigenvalue weighted by Gasteiger charge is 2.46. The Balaban J connectivity index is 1.38. The molecule has 3 atom stereocenters. The molecule has 2 aromatic rings. The van der Waals surface area contributed by atoms with E-state index >= 15 is 0 Å². The smallest absolute Gasteiger partial charge is 0.231 e. The maximum Gasteiger partial charge on any atom is 0.231 e. The monoisotopic (exact) mass is 339 g/mol. The minimum absolute atomic E-state index is 0.0384. The van der Waals surface area contributed by atoms with Gasteiger partial charge in [0.15, 0.2) is 5.82 Å². The zero-order chi connectivity index (χ0) is 17.2. The van der Waals surface area contributed by atoms with Gasteiger partial charge < -0.3 is 10.1 Å². The molecule has 4 rings (SSSR count). The van der Waals surface area contributed by atoms with Crippen LogP contribution in [0.1, 0.15) is 11.4 Å². The van der Waals surface area contributed by atoms with Crippen LogP contribution in [0.5, 0.6) is 0 Å². The number of carbonyl (C=O) groups excluding carboxylic acids is 1. The van der Waals surface area contributed by atoms with Crippen LogP contribution >= 0.6 is 0 Å². The number of anilines is 1. The summed E-state index contributed by atoms with van der Waals surface area (Å²) in [6.07, 6.45) is 4.81. The van der Waals surface area contributed by atoms with Gasteiger partial charge in [-0.3, -0.25) is 19.7 Å². The van der Waals surface area contributed by atoms with Gasteiger partial charge in [0.1, 0.15) is 0 Å². The number of aryl methyl sites for hydroxylation is 1. The number of nitrogens with zero attached hydrogens (tertiary/aromatic N) is 4. The van der Waals surface area contributed by atoms with Crippen molar-refractivity contribution in [1.82, 2.24) is 19.9 Å². The number of hydrogen-bond donors (Lipinski definition) is 1. The van der Waals surface area contributed by atoms with E-state index in [1.807, 2.05) is 25.1 Å². The molecule has 4 heterocycles. The van der Waals surface area contributed by atoms with E-state index in [4.69, 9.17) is 4.74 Å². The number of aromatic nitrogens is 3. The SMILES string of the molecule is Cc1cccc(CN2C[C@@H]3[C@@H](C(=O)Nc4cnccn4)CO[C@@H]3C2)n1. The second-order valence-corrected chi connectivity index (χ2v) is 6.69. The summed E-state index contributed by atoms with van der Waals surface area (Å²) in [5, 5.41) is 2.85. The summed E-state index contributed by atoms with van der Waals surface area (Å²) in [5.41, 5.74) is 2.08. The van der Waals surface area contributed by atoms with Gasteiger partial charge in [-0.05, 0) is 19.1 Å². The second kappa shape index (κ2) is 6.85. The lowest BCUT2D eigenvalue weighted by Crippen LogP contribution is -2.32. The summed E-state index contributed by atoms with van der Waals surface area (Å²) in [6.45, 7) is 4.95. The number of rotatable bonds is 4. The Morgan fingerprint density at radius 3 is 3.08 bits per heavy atom. The number of carbonyl (C=O) groups is 1. The number of pyridine rings is 1. The molecule has 0 aliphatic carbocycles. The molecule has 2 aliphatic rings. The van der Waals surface area contributed by atoms with Crippen molar-refractivity contribution in [2.45, 2.75) is 19.6 Å². The Hall–Kier alpha value is -2.38. The summed E-state index contributed by atoms with van der Waals surface area (Å²) in [7, 11) is 0. The minimum atomic E-state index is -0.150. The molecular weight excluding hydrogens is 318 g/mol. The quantitative estimate of drug-likeness (QED) is 0.903. The Bertz CT molecular complexity index is 754. The molecule has 2 aliphatic heterocycles. The van der Waals surface area contributed by atoms with Crippen LogP contribution < -0.4 is 5.32 Å². The third-order valence-electron chi connectivity index (χ3n) is 4.87. The summed E-state index contributed by atoms with van der Waals surface area (Å²) in [4.78, 5) is 27.5. The third kappa shape index (κ3) is 3.52. The van der Waals surface area contributed by atoms with E-state index in [-0.39, 0.29) is 23.8 Å². The predicted molar refractivity (Wildman–Crippen MR) is 91.6 cm³/mol. The van der Waals surface area contributed by atoms with E-state index in [1.54, 1.807) is 18.6 Å². The summed E-state index contributed by atoms with van der Waals surface area (Å²) in [5.74, 6) is 0.502. The molecule has 2 aromatic heterocycles. The van der Waals surface area contributed by atoms with E-state index in [0.717, 1.165) is 31.0 Å². The fourth-order valence-corrected chi connectivity index (χ4v) is 3.69. The Morgan fingerprint density at radius 1 is 1.36 bits per heavy atom. The molecule has 7 heteroatoms. The standard InChI is InChI=1S/C18H21N5O2/c1-12-3-2-4-13(21-12)8-23-9-14-15(11-25-16(14)10-23)18(24)22-17-7-19-5-6-20-17/h2-7,14-16H,8-11H2,1H3,(H,20,22,24)/t14-,15+,16-/m1/s1. The molecule has 7 nitrogen and oxygen atoms in total. The van der Waals surface area contributed by atoms with Crippen LogP contribution in [0.15, 0.2) is 36.8 Å². The fraction of sp³-hybridized carbons (Fsp3) is 0.444. The first kappa shape index (κ1) is 16.1. The van der Waals surface area contributed by atoms with Gasteiger partial charge in [-0.1, -0.05) is 6.07 Å². The van der Waals surface area contributed by atoms with Crippen LogP contribution in [0, 0.1) is 18.8 Å². The van der Waals surface area contributed by atoms with Crippen molar-refractivity contribution < 1.29 is 9.53 Å². The molecule has 25 heavy (non-hydrogen) atoms. The Kier molecular flexibility index (Phi) is 4.42. The van der Waals surface area contributed by atoms with Crippen molar-refractivity contribution in [3.05, 3.63) is 48.2 Å². The van der Waals surface area contributed by atoms with Crippen LogP contribution in [-0.2, 0) is 16.1 Å². The Morgan fingerprint density at radius 2 is 2.28 bits per heavy atom. The number of amides is 1. The molecule has 2 fully saturated rings. The van der Waals surface area contributed by atoms with Gasteiger partial charge in [0.25, 0.3) is 0 Å². The van der Waals surface area contributed by atoms with E-state index in [2.05, 4.69) is 25.2 Å². The van der Waals surface area contributed by atoms with E-state index in [1.165, 1.54) is 0 Å². The zero-order valence-electron chi connectivity index (χ0n) is 14.1. The van der Waals surface area contributed by atoms with Crippen LogP contribution in [0.2, 0.25) is 0 Å². The van der Waals surface area contributed by atoms with Crippen molar-refractivity contribution in [3.63, 3.8) is 0 Å². The summed E-state index contributed by atoms with van der Waals surface area (Å²) >= 11 is 0. The van der Waals surface area contributed by atoms with Crippen LogP contribution in [0.25, 0.3) is 0 Å². The normalized spacial score (nSPS) is 25.7. The van der Waals surface area contributed by atoms with Crippen molar-refractivity contribution in [2.24, 2.45) is 11.8 Å². The fourth-order valence-electron chi connectivity index (χ4n) is 3.69. The number of ether oxygens (including phenoxy) is 1. The first-order valence-electron chi connectivity index (χ1n) is 8.52. The zero-order valence-corrected chi connectivity index (χ0v) is 14.1. The van der Waals surface area contributed by atoms with Crippen LogP contribution in [0.3, 0.4) is 0 Å². The van der Waals surface area contributed by atoms with Crippen molar-refractivity contribution in [3.8, 4) is 0 Å². The number of fused-ring (bicyclic) bond motifs is 1. The molecule has 0 spiro atoms. The van der Waals surface area contributed by atoms with Gasteiger partial charge in [0.05, 0.1) is 30.5 Å². The lowest BCUT2D eigenvalue weighted by Gasteiger charge is -2.19. The van der Waals surface area contributed by atoms with Gasteiger partial charge in [-0.2, -0.15) is 0 Å². The molecule has 130 valence electrons. The molecule has 2 saturated heterocycles. The number of hydrogen-bond acceptors (Lipinski definition) is 6. The van der Waals surface area contributed by atoms with Crippen molar-refractivity contribution in [2.75, 3.05) is 25.0 Å². The maximum absolute atomic E-state index is 12.6. The predicted octanol–water partition coefficient (Wildman–Crippen LogP) is 1.27. The lowest BCUT2D eigenvalue weighted by atomic mass is 9.92. The van der Waals surface area contributed by atoms with Gasteiger partial charge >= 0.3 is 0 Å². The van der Waals surface area contributed by atoms with E-state index in [0.29, 0.717) is 12.4 Å². The lowest BCUT2D eigenvalue weighted by molar-refractivity contribution is -0.120. The summed E-state index contributed by atoms with van der Waals surface area (Å²) < 4.78 is 5.88. The molecule has 1 amide bonds. The highest BCUT2D eigenvalue weighted by Crippen LogP contribution is 2.34. The molecule has 0 saturated carbocycles. The molecule has 1 N–H and O–H groups in total. The number of nitrogens with one attached hydrogen (secondary N) is 1. The molecular formula is C18H21N5O2. The van der Waals surface area contributed by atoms with E-state index in [9.17, 15) is 4.79 Å². The average molecular weight is 339 g/mol. The molecule has 0 aromatic carbocycles. The molecule has 0 radical (unpaired) electrons. The highest BCUT2D eigenvalue weighted by molar-refractivity contribution is 5.92. The third-order valence-corrected chi connectivity index (χ3v) is 4.87. The van der Waals surface area contributed by atoms with Crippen molar-refractivity contribution in [1.29, 1.82) is 0 Å². The number of likely N-dealkylation sites (tertiary alicyclic amines) is 1. The van der Waals surface area contributed by atoms with E-state index < -0.39 is 0 Å². The second-order valence-electron chi connectivity index (χ2n) is 6.69. The van der Waals surface area contributed by atoms with Gasteiger partial charge in [0, 0.05) is 43.6 Å². The highest BCUT2D eigenvalue weighted by atomic mass is 16.5. The molecule has 0 unspecified atom stereocenters. The van der Waals surface area contributed by atoms with Gasteiger partial charge in [0.2, 0.25) is 5.91 Å². The Labute approximate surface area is 146 Å². The van der Waals surface area contributed by atoms with Crippen LogP contribution in [-0.4, -0.2) is 51.6 Å². The van der Waals surface area contributed by atoms with Crippen molar-refractivity contribution >= 4 is 11.7 Å². The maximum atomic E-state index is 12.6. The topological polar surface area (TPSA) is 80.2 Å². The largest absolute Gasteiger partial charge is 0.376 e. The van der Waals surface area contributed by atoms with Crippen LogP contribution in [0.4, 0.5) is 5.82 Å². The van der Waals surface area contributed by atoms with Gasteiger partial charge in [-0.15, -0.1) is 0 Å².